The first-order chi connectivity index (χ1) is 17.6. The normalized spacial score (nSPS) is 17.1. The predicted molar refractivity (Wildman–Crippen MR) is 129 cm³/mol. The average Bonchev–Trinajstić information content (AvgIpc) is 3.17. The number of amides is 1. The molecule has 0 aromatic heterocycles. The van der Waals surface area contributed by atoms with Gasteiger partial charge < -0.3 is 19.3 Å². The number of methoxy groups -OCH3 is 3. The number of ketones is 1. The number of ether oxygens (including phenoxy) is 3. The molecule has 1 atom stereocenters. The van der Waals surface area contributed by atoms with Crippen LogP contribution < -0.4 is 19.1 Å². The molecule has 1 N–H and O–H groups in total. The van der Waals surface area contributed by atoms with Crippen LogP contribution in [0, 0.1) is 0 Å². The summed E-state index contributed by atoms with van der Waals surface area (Å²) in [6.07, 6.45) is -4.58. The van der Waals surface area contributed by atoms with Gasteiger partial charge in [-0.2, -0.15) is 13.2 Å². The maximum Gasteiger partial charge on any atom is 0.416 e. The largest absolute Gasteiger partial charge is 0.507 e. The van der Waals surface area contributed by atoms with E-state index in [1.54, 1.807) is 30.3 Å². The lowest BCUT2D eigenvalue weighted by atomic mass is 9.94. The van der Waals surface area contributed by atoms with E-state index in [1.165, 1.54) is 33.5 Å². The van der Waals surface area contributed by atoms with Gasteiger partial charge in [0.2, 0.25) is 0 Å². The minimum absolute atomic E-state index is 0.0451. The minimum Gasteiger partial charge on any atom is -0.507 e. The second-order valence-corrected chi connectivity index (χ2v) is 8.06. The summed E-state index contributed by atoms with van der Waals surface area (Å²) < 4.78 is 55.2. The summed E-state index contributed by atoms with van der Waals surface area (Å²) in [5, 5.41) is 11.3. The molecule has 1 saturated heterocycles. The molecule has 4 rings (SSSR count). The summed E-state index contributed by atoms with van der Waals surface area (Å²) >= 11 is 0. The maximum atomic E-state index is 13.3. The molecule has 3 aromatic rings. The molecule has 7 nitrogen and oxygen atoms in total. The van der Waals surface area contributed by atoms with Crippen LogP contribution in [0.2, 0.25) is 0 Å². The van der Waals surface area contributed by atoms with Crippen LogP contribution in [0.15, 0.2) is 72.3 Å². The highest BCUT2D eigenvalue weighted by Crippen LogP contribution is 2.44. The molecule has 0 aliphatic carbocycles. The molecule has 0 spiro atoms. The Morgan fingerprint density at radius 1 is 0.865 bits per heavy atom. The fourth-order valence-electron chi connectivity index (χ4n) is 4.18. The van der Waals surface area contributed by atoms with Crippen molar-refractivity contribution >= 4 is 23.1 Å². The fraction of sp³-hybridized carbons (Fsp3) is 0.185. The van der Waals surface area contributed by atoms with Crippen LogP contribution in [-0.2, 0) is 15.8 Å². The highest BCUT2D eigenvalue weighted by Gasteiger charge is 2.47. The van der Waals surface area contributed by atoms with E-state index in [9.17, 15) is 27.9 Å². The fourth-order valence-corrected chi connectivity index (χ4v) is 4.18. The molecule has 1 aliphatic heterocycles. The molecular weight excluding hydrogens is 491 g/mol. The summed E-state index contributed by atoms with van der Waals surface area (Å²) in [6, 6.07) is 13.7. The molecule has 3 aromatic carbocycles. The standard InChI is InChI=1S/C27H22F3NO6/c1-35-18-6-4-5-15(13-18)23-22(24(32)20-12-11-19(36-2)14-21(20)37-3)25(33)26(34)31(23)17-9-7-16(8-10-17)27(28,29)30/h4-14,23,32H,1-3H3/b24-22-. The number of halogens is 3. The number of anilines is 1. The van der Waals surface area contributed by atoms with Gasteiger partial charge >= 0.3 is 6.18 Å². The SMILES string of the molecule is COc1cccc(C2/C(=C(/O)c3ccc(OC)cc3OC)C(=O)C(=O)N2c2ccc(C(F)(F)F)cc2)c1. The van der Waals surface area contributed by atoms with Crippen molar-refractivity contribution in [3.63, 3.8) is 0 Å². The van der Waals surface area contributed by atoms with Gasteiger partial charge in [0.05, 0.1) is 44.1 Å². The first-order valence-corrected chi connectivity index (χ1v) is 10.9. The number of benzene rings is 3. The summed E-state index contributed by atoms with van der Waals surface area (Å²) in [7, 11) is 4.26. The van der Waals surface area contributed by atoms with Crippen molar-refractivity contribution in [2.75, 3.05) is 26.2 Å². The van der Waals surface area contributed by atoms with Gasteiger partial charge in [0.25, 0.3) is 11.7 Å². The number of nitrogens with zero attached hydrogens (tertiary/aromatic N) is 1. The van der Waals surface area contributed by atoms with E-state index < -0.39 is 35.2 Å². The summed E-state index contributed by atoms with van der Waals surface area (Å²) in [5.74, 6) is -1.51. The van der Waals surface area contributed by atoms with Gasteiger partial charge in [-0.25, -0.2) is 0 Å². The third-order valence-corrected chi connectivity index (χ3v) is 5.99. The van der Waals surface area contributed by atoms with Crippen LogP contribution in [-0.4, -0.2) is 38.1 Å². The molecule has 0 bridgehead atoms. The third-order valence-electron chi connectivity index (χ3n) is 5.99. The highest BCUT2D eigenvalue weighted by molar-refractivity contribution is 6.51. The number of Topliss-reactive ketones (excluding diaryl/α,β-unsaturated/α-hetero) is 1. The van der Waals surface area contributed by atoms with Gasteiger partial charge in [-0.15, -0.1) is 0 Å². The number of carbonyl (C=O) groups excluding carboxylic acids is 2. The Balaban J connectivity index is 1.94. The van der Waals surface area contributed by atoms with Crippen molar-refractivity contribution in [2.45, 2.75) is 12.2 Å². The number of aliphatic hydroxyl groups is 1. The number of alkyl halides is 3. The zero-order valence-corrected chi connectivity index (χ0v) is 20.0. The Kier molecular flexibility index (Phi) is 6.84. The first kappa shape index (κ1) is 25.6. The van der Waals surface area contributed by atoms with Crippen LogP contribution in [0.25, 0.3) is 5.76 Å². The van der Waals surface area contributed by atoms with Crippen LogP contribution in [0.4, 0.5) is 18.9 Å². The molecule has 1 aliphatic rings. The Bertz CT molecular complexity index is 1380. The lowest BCUT2D eigenvalue weighted by Gasteiger charge is -2.26. The van der Waals surface area contributed by atoms with Crippen LogP contribution in [0.5, 0.6) is 17.2 Å². The number of aliphatic hydroxyl groups excluding tert-OH is 1. The predicted octanol–water partition coefficient (Wildman–Crippen LogP) is 5.36. The summed E-state index contributed by atoms with van der Waals surface area (Å²) in [6.45, 7) is 0. The summed E-state index contributed by atoms with van der Waals surface area (Å²) in [5.41, 5.74) is -0.604. The van der Waals surface area contributed by atoms with Gasteiger partial charge in [-0.3, -0.25) is 14.5 Å². The first-order valence-electron chi connectivity index (χ1n) is 10.9. The number of carbonyl (C=O) groups is 2. The van der Waals surface area contributed by atoms with Gasteiger partial charge in [0, 0.05) is 11.8 Å². The van der Waals surface area contributed by atoms with E-state index in [0.717, 1.165) is 29.2 Å². The molecule has 10 heteroatoms. The van der Waals surface area contributed by atoms with Crippen LogP contribution in [0.3, 0.4) is 0 Å². The summed E-state index contributed by atoms with van der Waals surface area (Å²) in [4.78, 5) is 27.6. The van der Waals surface area contributed by atoms with Crippen molar-refractivity contribution in [1.29, 1.82) is 0 Å². The molecule has 0 saturated carbocycles. The third kappa shape index (κ3) is 4.69. The average molecular weight is 513 g/mol. The zero-order valence-electron chi connectivity index (χ0n) is 20.0. The molecule has 192 valence electrons. The molecular formula is C27H22F3NO6. The van der Waals surface area contributed by atoms with E-state index in [-0.39, 0.29) is 22.6 Å². The Labute approximate surface area is 210 Å². The van der Waals surface area contributed by atoms with E-state index in [0.29, 0.717) is 17.1 Å². The van der Waals surface area contributed by atoms with Crippen molar-refractivity contribution in [2.24, 2.45) is 0 Å². The lowest BCUT2D eigenvalue weighted by Crippen LogP contribution is -2.29. The van der Waals surface area contributed by atoms with E-state index in [2.05, 4.69) is 0 Å². The quantitative estimate of drug-likeness (QED) is 0.272. The number of rotatable bonds is 6. The van der Waals surface area contributed by atoms with Crippen molar-refractivity contribution in [3.8, 4) is 17.2 Å². The van der Waals surface area contributed by atoms with Gasteiger partial charge in [-0.1, -0.05) is 12.1 Å². The lowest BCUT2D eigenvalue weighted by molar-refractivity contribution is -0.137. The molecule has 1 unspecified atom stereocenters. The zero-order chi connectivity index (χ0) is 26.9. The Morgan fingerprint density at radius 3 is 2.11 bits per heavy atom. The van der Waals surface area contributed by atoms with Gasteiger partial charge in [-0.05, 0) is 54.1 Å². The minimum atomic E-state index is -4.58. The van der Waals surface area contributed by atoms with Gasteiger partial charge in [0.15, 0.2) is 0 Å². The molecule has 0 radical (unpaired) electrons. The number of hydrogen-bond donors (Lipinski definition) is 1. The van der Waals surface area contributed by atoms with Crippen molar-refractivity contribution in [1.82, 2.24) is 0 Å². The smallest absolute Gasteiger partial charge is 0.416 e. The molecule has 1 amide bonds. The highest BCUT2D eigenvalue weighted by atomic mass is 19.4. The monoisotopic (exact) mass is 513 g/mol. The van der Waals surface area contributed by atoms with Crippen LogP contribution >= 0.6 is 0 Å². The van der Waals surface area contributed by atoms with E-state index in [1.807, 2.05) is 0 Å². The second-order valence-electron chi connectivity index (χ2n) is 8.06. The van der Waals surface area contributed by atoms with E-state index >= 15 is 0 Å². The van der Waals surface area contributed by atoms with Gasteiger partial charge in [0.1, 0.15) is 23.0 Å². The Morgan fingerprint density at radius 2 is 1.51 bits per heavy atom. The molecule has 1 heterocycles. The topological polar surface area (TPSA) is 85.3 Å². The van der Waals surface area contributed by atoms with Crippen molar-refractivity contribution < 1.29 is 42.1 Å². The van der Waals surface area contributed by atoms with Crippen molar-refractivity contribution in [3.05, 3.63) is 89.0 Å². The molecule has 37 heavy (non-hydrogen) atoms. The van der Waals surface area contributed by atoms with Crippen LogP contribution in [0.1, 0.15) is 22.7 Å². The second kappa shape index (κ2) is 9.88. The number of hydrogen-bond acceptors (Lipinski definition) is 6. The van der Waals surface area contributed by atoms with E-state index in [4.69, 9.17) is 14.2 Å². The maximum absolute atomic E-state index is 13.3. The molecule has 1 fully saturated rings. The Hall–Kier alpha value is -4.47.